The predicted molar refractivity (Wildman–Crippen MR) is 63.2 cm³/mol. The summed E-state index contributed by atoms with van der Waals surface area (Å²) < 4.78 is 5.62. The van der Waals surface area contributed by atoms with Gasteiger partial charge in [0.15, 0.2) is 0 Å². The van der Waals surface area contributed by atoms with E-state index in [9.17, 15) is 0 Å². The van der Waals surface area contributed by atoms with E-state index in [-0.39, 0.29) is 6.61 Å². The molecule has 1 aliphatic rings. The molecule has 1 fully saturated rings. The molecular weight excluding hydrogens is 200 g/mol. The summed E-state index contributed by atoms with van der Waals surface area (Å²) in [5.74, 6) is 7.28. The van der Waals surface area contributed by atoms with Crippen molar-refractivity contribution in [2.24, 2.45) is 5.92 Å². The van der Waals surface area contributed by atoms with E-state index in [1.807, 2.05) is 24.3 Å². The third-order valence-electron chi connectivity index (χ3n) is 2.66. The van der Waals surface area contributed by atoms with Crippen LogP contribution in [0.25, 0.3) is 0 Å². The van der Waals surface area contributed by atoms with Crippen molar-refractivity contribution >= 4 is 0 Å². The molecule has 0 spiro atoms. The Morgan fingerprint density at radius 3 is 2.62 bits per heavy atom. The van der Waals surface area contributed by atoms with Crippen molar-refractivity contribution in [3.8, 4) is 17.6 Å². The first-order valence-corrected chi connectivity index (χ1v) is 5.71. The summed E-state index contributed by atoms with van der Waals surface area (Å²) in [6.07, 6.45) is 3.92. The van der Waals surface area contributed by atoms with Crippen LogP contribution in [0.2, 0.25) is 0 Å². The van der Waals surface area contributed by atoms with Gasteiger partial charge >= 0.3 is 0 Å². The van der Waals surface area contributed by atoms with Gasteiger partial charge in [0.2, 0.25) is 0 Å². The van der Waals surface area contributed by atoms with Gasteiger partial charge in [-0.05, 0) is 36.6 Å². The molecule has 0 unspecified atom stereocenters. The highest BCUT2D eigenvalue weighted by Gasteiger charge is 2.20. The average Bonchev–Trinajstić information content (AvgIpc) is 3.12. The highest BCUT2D eigenvalue weighted by atomic mass is 16.5. The first-order chi connectivity index (χ1) is 7.88. The van der Waals surface area contributed by atoms with Crippen LogP contribution in [-0.4, -0.2) is 18.3 Å². The molecule has 2 nitrogen and oxygen atoms in total. The zero-order valence-corrected chi connectivity index (χ0v) is 9.28. The molecule has 0 amide bonds. The van der Waals surface area contributed by atoms with Crippen LogP contribution in [0.4, 0.5) is 0 Å². The Morgan fingerprint density at radius 1 is 1.25 bits per heavy atom. The molecule has 2 heteroatoms. The van der Waals surface area contributed by atoms with Gasteiger partial charge in [-0.1, -0.05) is 24.7 Å². The SMILES string of the molecule is OCC#Cc1ccc(OCCC2CC2)cc1. The van der Waals surface area contributed by atoms with Crippen molar-refractivity contribution in [1.82, 2.24) is 0 Å². The van der Waals surface area contributed by atoms with Gasteiger partial charge in [0, 0.05) is 5.56 Å². The van der Waals surface area contributed by atoms with E-state index in [0.717, 1.165) is 23.8 Å². The van der Waals surface area contributed by atoms with Gasteiger partial charge in [0.25, 0.3) is 0 Å². The van der Waals surface area contributed by atoms with Crippen LogP contribution in [0.1, 0.15) is 24.8 Å². The molecule has 0 aliphatic heterocycles. The largest absolute Gasteiger partial charge is 0.494 e. The second kappa shape index (κ2) is 5.58. The summed E-state index contributed by atoms with van der Waals surface area (Å²) in [7, 11) is 0. The van der Waals surface area contributed by atoms with Crippen LogP contribution < -0.4 is 4.74 Å². The molecule has 0 heterocycles. The summed E-state index contributed by atoms with van der Waals surface area (Å²) in [6, 6.07) is 7.67. The van der Waals surface area contributed by atoms with Crippen molar-refractivity contribution in [1.29, 1.82) is 0 Å². The van der Waals surface area contributed by atoms with Gasteiger partial charge in [-0.25, -0.2) is 0 Å². The number of aliphatic hydroxyl groups is 1. The molecule has 0 saturated heterocycles. The van der Waals surface area contributed by atoms with Gasteiger partial charge in [0.1, 0.15) is 12.4 Å². The van der Waals surface area contributed by atoms with Crippen LogP contribution in [0, 0.1) is 17.8 Å². The summed E-state index contributed by atoms with van der Waals surface area (Å²) in [5.41, 5.74) is 0.906. The number of hydrogen-bond acceptors (Lipinski definition) is 2. The molecule has 1 saturated carbocycles. The van der Waals surface area contributed by atoms with Crippen LogP contribution in [0.3, 0.4) is 0 Å². The number of ether oxygens (including phenoxy) is 1. The predicted octanol–water partition coefficient (Wildman–Crippen LogP) is 2.21. The van der Waals surface area contributed by atoms with Crippen LogP contribution in [0.15, 0.2) is 24.3 Å². The summed E-state index contributed by atoms with van der Waals surface area (Å²) >= 11 is 0. The van der Waals surface area contributed by atoms with E-state index >= 15 is 0 Å². The Bertz CT molecular complexity index is 379. The van der Waals surface area contributed by atoms with E-state index in [1.54, 1.807) is 0 Å². The van der Waals surface area contributed by atoms with Crippen molar-refractivity contribution in [3.05, 3.63) is 29.8 Å². The van der Waals surface area contributed by atoms with Crippen molar-refractivity contribution in [2.75, 3.05) is 13.2 Å². The summed E-state index contributed by atoms with van der Waals surface area (Å²) in [6.45, 7) is 0.714. The molecule has 0 bridgehead atoms. The van der Waals surface area contributed by atoms with E-state index in [4.69, 9.17) is 9.84 Å². The molecule has 0 atom stereocenters. The Balaban J connectivity index is 1.80. The third-order valence-corrected chi connectivity index (χ3v) is 2.66. The molecule has 1 aromatic rings. The van der Waals surface area contributed by atoms with Crippen molar-refractivity contribution in [2.45, 2.75) is 19.3 Å². The third kappa shape index (κ3) is 3.60. The number of benzene rings is 1. The van der Waals surface area contributed by atoms with Gasteiger partial charge in [-0.3, -0.25) is 0 Å². The van der Waals surface area contributed by atoms with E-state index in [1.165, 1.54) is 19.3 Å². The van der Waals surface area contributed by atoms with Crippen LogP contribution >= 0.6 is 0 Å². The fourth-order valence-corrected chi connectivity index (χ4v) is 1.53. The first kappa shape index (κ1) is 11.0. The minimum absolute atomic E-state index is 0.0976. The Hall–Kier alpha value is -1.46. The average molecular weight is 216 g/mol. The van der Waals surface area contributed by atoms with Gasteiger partial charge in [-0.2, -0.15) is 0 Å². The minimum Gasteiger partial charge on any atom is -0.494 e. The second-order valence-electron chi connectivity index (χ2n) is 4.06. The van der Waals surface area contributed by atoms with E-state index in [2.05, 4.69) is 11.8 Å². The smallest absolute Gasteiger partial charge is 0.119 e. The molecule has 2 rings (SSSR count). The van der Waals surface area contributed by atoms with E-state index in [0.29, 0.717) is 0 Å². The van der Waals surface area contributed by atoms with Crippen LogP contribution in [-0.2, 0) is 0 Å². The first-order valence-electron chi connectivity index (χ1n) is 5.71. The molecule has 1 N–H and O–H groups in total. The molecule has 1 aromatic carbocycles. The lowest BCUT2D eigenvalue weighted by Crippen LogP contribution is -1.97. The Labute approximate surface area is 96.3 Å². The summed E-state index contributed by atoms with van der Waals surface area (Å²) in [4.78, 5) is 0. The minimum atomic E-state index is -0.0976. The highest BCUT2D eigenvalue weighted by molar-refractivity contribution is 5.38. The molecular formula is C14H16O2. The number of rotatable bonds is 4. The maximum absolute atomic E-state index is 8.56. The van der Waals surface area contributed by atoms with Crippen molar-refractivity contribution in [3.63, 3.8) is 0 Å². The lowest BCUT2D eigenvalue weighted by atomic mass is 10.2. The van der Waals surface area contributed by atoms with Gasteiger partial charge in [-0.15, -0.1) is 0 Å². The molecule has 84 valence electrons. The van der Waals surface area contributed by atoms with Gasteiger partial charge in [0.05, 0.1) is 6.61 Å². The standard InChI is InChI=1S/C14H16O2/c15-10-1-2-12-5-7-14(8-6-12)16-11-9-13-3-4-13/h5-8,13,15H,3-4,9-11H2. The van der Waals surface area contributed by atoms with Crippen LogP contribution in [0.5, 0.6) is 5.75 Å². The number of hydrogen-bond donors (Lipinski definition) is 1. The zero-order chi connectivity index (χ0) is 11.2. The lowest BCUT2D eigenvalue weighted by molar-refractivity contribution is 0.302. The van der Waals surface area contributed by atoms with E-state index < -0.39 is 0 Å². The Morgan fingerprint density at radius 2 is 2.00 bits per heavy atom. The maximum Gasteiger partial charge on any atom is 0.119 e. The summed E-state index contributed by atoms with van der Waals surface area (Å²) in [5, 5.41) is 8.56. The fraction of sp³-hybridized carbons (Fsp3) is 0.429. The highest BCUT2D eigenvalue weighted by Crippen LogP contribution is 2.32. The topological polar surface area (TPSA) is 29.5 Å². The molecule has 16 heavy (non-hydrogen) atoms. The fourth-order valence-electron chi connectivity index (χ4n) is 1.53. The molecule has 0 aromatic heterocycles. The number of aliphatic hydroxyl groups excluding tert-OH is 1. The zero-order valence-electron chi connectivity index (χ0n) is 9.28. The molecule has 1 aliphatic carbocycles. The van der Waals surface area contributed by atoms with Gasteiger partial charge < -0.3 is 9.84 Å². The lowest BCUT2D eigenvalue weighted by Gasteiger charge is -2.04. The normalized spacial score (nSPS) is 14.1. The van der Waals surface area contributed by atoms with Crippen molar-refractivity contribution < 1.29 is 9.84 Å². The second-order valence-corrected chi connectivity index (χ2v) is 4.06. The maximum atomic E-state index is 8.56. The quantitative estimate of drug-likeness (QED) is 0.782. The Kier molecular flexibility index (Phi) is 3.85. The monoisotopic (exact) mass is 216 g/mol. The molecule has 0 radical (unpaired) electrons.